The van der Waals surface area contributed by atoms with Crippen molar-refractivity contribution >= 4 is 17.8 Å². The van der Waals surface area contributed by atoms with Crippen molar-refractivity contribution in [3.8, 4) is 5.75 Å². The number of benzene rings is 3. The van der Waals surface area contributed by atoms with Crippen LogP contribution >= 0.6 is 0 Å². The highest BCUT2D eigenvalue weighted by Gasteiger charge is 2.15. The molecule has 0 aromatic heterocycles. The van der Waals surface area contributed by atoms with Crippen molar-refractivity contribution in [2.75, 3.05) is 13.7 Å². The molecule has 0 heterocycles. The number of carbonyl (C=O) groups is 3. The summed E-state index contributed by atoms with van der Waals surface area (Å²) in [5, 5.41) is 0. The molecule has 0 spiro atoms. The minimum Gasteiger partial charge on any atom is -0.497 e. The standard InChI is InChI=1S/C24H22N2O5/c1-30-20-13-11-18(12-14-20)23(28)26-25-22(27)16-31-24(29)21-10-6-5-9-19(21)15-17-7-3-2-4-8-17/h2-14H,15-16H2,1H3,(H,25,27)(H,26,28). The van der Waals surface area contributed by atoms with Crippen molar-refractivity contribution in [1.29, 1.82) is 0 Å². The van der Waals surface area contributed by atoms with Crippen LogP contribution < -0.4 is 15.6 Å². The van der Waals surface area contributed by atoms with Gasteiger partial charge in [0.1, 0.15) is 5.75 Å². The van der Waals surface area contributed by atoms with Gasteiger partial charge in [-0.1, -0.05) is 48.5 Å². The van der Waals surface area contributed by atoms with Gasteiger partial charge < -0.3 is 9.47 Å². The van der Waals surface area contributed by atoms with Gasteiger partial charge in [0.25, 0.3) is 11.8 Å². The number of carbonyl (C=O) groups excluding carboxylic acids is 3. The highest BCUT2D eigenvalue weighted by atomic mass is 16.5. The lowest BCUT2D eigenvalue weighted by atomic mass is 10.00. The lowest BCUT2D eigenvalue weighted by Gasteiger charge is -2.11. The fourth-order valence-corrected chi connectivity index (χ4v) is 2.88. The van der Waals surface area contributed by atoms with E-state index < -0.39 is 24.4 Å². The molecule has 0 aliphatic carbocycles. The molecule has 7 heteroatoms. The van der Waals surface area contributed by atoms with Crippen molar-refractivity contribution in [1.82, 2.24) is 10.9 Å². The molecule has 0 saturated carbocycles. The highest BCUT2D eigenvalue weighted by Crippen LogP contribution is 2.15. The molecule has 0 fully saturated rings. The molecule has 0 radical (unpaired) electrons. The van der Waals surface area contributed by atoms with Gasteiger partial charge in [0, 0.05) is 5.56 Å². The van der Waals surface area contributed by atoms with Crippen LogP contribution in [0.4, 0.5) is 0 Å². The van der Waals surface area contributed by atoms with Gasteiger partial charge in [0.05, 0.1) is 12.7 Å². The second-order valence-electron chi connectivity index (χ2n) is 6.63. The van der Waals surface area contributed by atoms with Gasteiger partial charge in [-0.15, -0.1) is 0 Å². The van der Waals surface area contributed by atoms with Gasteiger partial charge in [-0.05, 0) is 47.9 Å². The maximum absolute atomic E-state index is 12.5. The molecule has 31 heavy (non-hydrogen) atoms. The Bertz CT molecular complexity index is 1050. The monoisotopic (exact) mass is 418 g/mol. The first-order chi connectivity index (χ1) is 15.1. The second-order valence-corrected chi connectivity index (χ2v) is 6.63. The van der Waals surface area contributed by atoms with Crippen LogP contribution in [0.5, 0.6) is 5.75 Å². The third-order valence-electron chi connectivity index (χ3n) is 4.48. The molecular formula is C24H22N2O5. The summed E-state index contributed by atoms with van der Waals surface area (Å²) in [6.45, 7) is -0.526. The zero-order chi connectivity index (χ0) is 22.1. The van der Waals surface area contributed by atoms with E-state index in [4.69, 9.17) is 9.47 Å². The normalized spacial score (nSPS) is 10.1. The van der Waals surface area contributed by atoms with Crippen LogP contribution in [0, 0.1) is 0 Å². The largest absolute Gasteiger partial charge is 0.497 e. The second kappa shape index (κ2) is 10.6. The summed E-state index contributed by atoms with van der Waals surface area (Å²) in [6, 6.07) is 23.2. The first-order valence-electron chi connectivity index (χ1n) is 9.59. The molecule has 0 aliphatic rings. The van der Waals surface area contributed by atoms with E-state index in [9.17, 15) is 14.4 Å². The van der Waals surface area contributed by atoms with Gasteiger partial charge in [0.2, 0.25) is 0 Å². The first-order valence-corrected chi connectivity index (χ1v) is 9.59. The third kappa shape index (κ3) is 6.17. The van der Waals surface area contributed by atoms with E-state index >= 15 is 0 Å². The lowest BCUT2D eigenvalue weighted by molar-refractivity contribution is -0.125. The molecule has 0 saturated heterocycles. The minimum atomic E-state index is -0.657. The van der Waals surface area contributed by atoms with Gasteiger partial charge in [-0.3, -0.25) is 20.4 Å². The molecule has 0 unspecified atom stereocenters. The number of nitrogens with one attached hydrogen (secondary N) is 2. The van der Waals surface area contributed by atoms with E-state index in [1.807, 2.05) is 42.5 Å². The molecule has 0 aliphatic heterocycles. The predicted molar refractivity (Wildman–Crippen MR) is 115 cm³/mol. The van der Waals surface area contributed by atoms with Crippen molar-refractivity contribution in [2.45, 2.75) is 6.42 Å². The average Bonchev–Trinajstić information content (AvgIpc) is 2.82. The van der Waals surface area contributed by atoms with Crippen molar-refractivity contribution in [3.05, 3.63) is 101 Å². The summed E-state index contributed by atoms with van der Waals surface area (Å²) in [4.78, 5) is 36.5. The number of methoxy groups -OCH3 is 1. The van der Waals surface area contributed by atoms with E-state index in [2.05, 4.69) is 10.9 Å². The highest BCUT2D eigenvalue weighted by molar-refractivity contribution is 5.96. The van der Waals surface area contributed by atoms with Crippen LogP contribution in [-0.2, 0) is 16.0 Å². The molecule has 0 atom stereocenters. The van der Waals surface area contributed by atoms with Crippen LogP contribution in [0.2, 0.25) is 0 Å². The van der Waals surface area contributed by atoms with Crippen molar-refractivity contribution in [2.24, 2.45) is 0 Å². The fraction of sp³-hybridized carbons (Fsp3) is 0.125. The van der Waals surface area contributed by atoms with Gasteiger partial charge in [-0.2, -0.15) is 0 Å². The number of hydrogen-bond donors (Lipinski definition) is 2. The fourth-order valence-electron chi connectivity index (χ4n) is 2.88. The smallest absolute Gasteiger partial charge is 0.338 e. The number of amides is 2. The van der Waals surface area contributed by atoms with E-state index in [0.717, 1.165) is 11.1 Å². The SMILES string of the molecule is COc1ccc(C(=O)NNC(=O)COC(=O)c2ccccc2Cc2ccccc2)cc1. The number of ether oxygens (including phenoxy) is 2. The Labute approximate surface area is 180 Å². The van der Waals surface area contributed by atoms with Crippen LogP contribution in [0.3, 0.4) is 0 Å². The number of hydrogen-bond acceptors (Lipinski definition) is 5. The maximum Gasteiger partial charge on any atom is 0.338 e. The number of esters is 1. The summed E-state index contributed by atoms with van der Waals surface area (Å²) < 4.78 is 10.1. The summed E-state index contributed by atoms with van der Waals surface area (Å²) in [5.41, 5.74) is 7.08. The van der Waals surface area contributed by atoms with Crippen molar-refractivity contribution < 1.29 is 23.9 Å². The van der Waals surface area contributed by atoms with Gasteiger partial charge >= 0.3 is 5.97 Å². The van der Waals surface area contributed by atoms with Crippen LogP contribution in [-0.4, -0.2) is 31.5 Å². The molecule has 3 aromatic carbocycles. The molecule has 3 aromatic rings. The molecule has 3 rings (SSSR count). The first kappa shape index (κ1) is 21.6. The Morgan fingerprint density at radius 3 is 2.19 bits per heavy atom. The van der Waals surface area contributed by atoms with Gasteiger partial charge in [-0.25, -0.2) is 4.79 Å². The molecular weight excluding hydrogens is 396 g/mol. The Hall–Kier alpha value is -4.13. The Morgan fingerprint density at radius 2 is 1.48 bits per heavy atom. The van der Waals surface area contributed by atoms with Gasteiger partial charge in [0.15, 0.2) is 6.61 Å². The summed E-state index contributed by atoms with van der Waals surface area (Å²) in [6.07, 6.45) is 0.566. The quantitative estimate of drug-likeness (QED) is 0.455. The van der Waals surface area contributed by atoms with E-state index in [1.165, 1.54) is 7.11 Å². The summed E-state index contributed by atoms with van der Waals surface area (Å²) >= 11 is 0. The molecule has 2 N–H and O–H groups in total. The Kier molecular flexibility index (Phi) is 7.37. The number of rotatable bonds is 7. The summed E-state index contributed by atoms with van der Waals surface area (Å²) in [5.74, 6) is -1.16. The Morgan fingerprint density at radius 1 is 0.806 bits per heavy atom. The minimum absolute atomic E-state index is 0.341. The zero-order valence-electron chi connectivity index (χ0n) is 17.0. The summed E-state index contributed by atoms with van der Waals surface area (Å²) in [7, 11) is 1.52. The average molecular weight is 418 g/mol. The molecule has 0 bridgehead atoms. The van der Waals surface area contributed by atoms with E-state index in [1.54, 1.807) is 36.4 Å². The van der Waals surface area contributed by atoms with E-state index in [-0.39, 0.29) is 0 Å². The predicted octanol–water partition coefficient (Wildman–Crippen LogP) is 2.90. The molecule has 7 nitrogen and oxygen atoms in total. The zero-order valence-corrected chi connectivity index (χ0v) is 17.0. The molecule has 2 amide bonds. The maximum atomic E-state index is 12.5. The van der Waals surface area contributed by atoms with E-state index in [0.29, 0.717) is 23.3 Å². The number of hydrazine groups is 1. The topological polar surface area (TPSA) is 93.7 Å². The lowest BCUT2D eigenvalue weighted by Crippen LogP contribution is -2.43. The molecule has 158 valence electrons. The van der Waals surface area contributed by atoms with Crippen molar-refractivity contribution in [3.63, 3.8) is 0 Å². The van der Waals surface area contributed by atoms with Crippen LogP contribution in [0.1, 0.15) is 31.8 Å². The Balaban J connectivity index is 1.51. The van der Waals surface area contributed by atoms with Crippen LogP contribution in [0.15, 0.2) is 78.9 Å². The van der Waals surface area contributed by atoms with Crippen LogP contribution in [0.25, 0.3) is 0 Å². The third-order valence-corrected chi connectivity index (χ3v) is 4.48.